The lowest BCUT2D eigenvalue weighted by atomic mass is 9.99. The summed E-state index contributed by atoms with van der Waals surface area (Å²) < 4.78 is 25.7. The molecular formula is C14H20O9. The maximum absolute atomic E-state index is 11.4. The molecule has 9 heteroatoms. The quantitative estimate of drug-likeness (QED) is 0.521. The monoisotopic (exact) mass is 332 g/mol. The molecule has 0 aromatic heterocycles. The van der Waals surface area contributed by atoms with E-state index >= 15 is 0 Å². The Balaban J connectivity index is 3.15. The summed E-state index contributed by atoms with van der Waals surface area (Å²) in [5.41, 5.74) is 0. The van der Waals surface area contributed by atoms with E-state index in [0.717, 1.165) is 20.8 Å². The fourth-order valence-corrected chi connectivity index (χ4v) is 2.23. The van der Waals surface area contributed by atoms with Gasteiger partial charge in [-0.25, -0.2) is 0 Å². The highest BCUT2D eigenvalue weighted by Gasteiger charge is 2.51. The van der Waals surface area contributed by atoms with Gasteiger partial charge in [0, 0.05) is 27.7 Å². The predicted octanol–water partition coefficient (Wildman–Crippen LogP) is 0.0894. The molecule has 9 nitrogen and oxygen atoms in total. The number of carbonyl (C=O) groups is 4. The van der Waals surface area contributed by atoms with Crippen LogP contribution in [0.1, 0.15) is 34.6 Å². The molecule has 1 heterocycles. The summed E-state index contributed by atoms with van der Waals surface area (Å²) in [5, 5.41) is 0. The maximum Gasteiger partial charge on any atom is 0.305 e. The molecule has 0 spiro atoms. The smallest absolute Gasteiger partial charge is 0.305 e. The third kappa shape index (κ3) is 5.51. The standard InChI is InChI=1S/C14H20O9/c1-6-11(20-7(2)15)12(21-8(3)16)13(22-9(4)17)14(19-6)23-10(5)18/h6,11-14H,1-5H3/t6-,11-,12-,13+,14?/m1/s1. The van der Waals surface area contributed by atoms with Crippen molar-refractivity contribution < 1.29 is 42.9 Å². The molecule has 23 heavy (non-hydrogen) atoms. The van der Waals surface area contributed by atoms with Gasteiger partial charge in [0.05, 0.1) is 6.10 Å². The average Bonchev–Trinajstić information content (AvgIpc) is 2.36. The lowest BCUT2D eigenvalue weighted by molar-refractivity contribution is -0.292. The lowest BCUT2D eigenvalue weighted by Crippen LogP contribution is -2.61. The fourth-order valence-electron chi connectivity index (χ4n) is 2.23. The van der Waals surface area contributed by atoms with Gasteiger partial charge in [-0.2, -0.15) is 0 Å². The van der Waals surface area contributed by atoms with Crippen LogP contribution in [-0.2, 0) is 42.9 Å². The van der Waals surface area contributed by atoms with Gasteiger partial charge in [0.15, 0.2) is 12.2 Å². The molecule has 5 atom stereocenters. The van der Waals surface area contributed by atoms with Crippen LogP contribution >= 0.6 is 0 Å². The van der Waals surface area contributed by atoms with Crippen LogP contribution in [0.2, 0.25) is 0 Å². The minimum absolute atomic E-state index is 0.630. The highest BCUT2D eigenvalue weighted by molar-refractivity contribution is 5.69. The van der Waals surface area contributed by atoms with Crippen LogP contribution in [0.4, 0.5) is 0 Å². The van der Waals surface area contributed by atoms with Crippen LogP contribution in [0.15, 0.2) is 0 Å². The minimum atomic E-state index is -1.29. The van der Waals surface area contributed by atoms with Crippen LogP contribution in [-0.4, -0.2) is 54.6 Å². The molecule has 1 rings (SSSR count). The molecule has 1 saturated heterocycles. The summed E-state index contributed by atoms with van der Waals surface area (Å²) in [4.78, 5) is 45.1. The van der Waals surface area contributed by atoms with Crippen molar-refractivity contribution in [3.8, 4) is 0 Å². The Labute approximate surface area is 133 Å². The molecule has 130 valence electrons. The Hall–Kier alpha value is -2.16. The first kappa shape index (κ1) is 18.9. The van der Waals surface area contributed by atoms with E-state index in [1.807, 2.05) is 0 Å². The van der Waals surface area contributed by atoms with Crippen LogP contribution in [0.5, 0.6) is 0 Å². The molecule has 1 unspecified atom stereocenters. The van der Waals surface area contributed by atoms with E-state index < -0.39 is 54.6 Å². The zero-order chi connectivity index (χ0) is 17.7. The molecule has 0 aromatic rings. The minimum Gasteiger partial charge on any atom is -0.456 e. The summed E-state index contributed by atoms with van der Waals surface area (Å²) in [6.07, 6.45) is -5.51. The summed E-state index contributed by atoms with van der Waals surface area (Å²) in [5.74, 6) is -2.69. The second kappa shape index (κ2) is 7.91. The molecule has 0 N–H and O–H groups in total. The second-order valence-corrected chi connectivity index (χ2v) is 5.04. The zero-order valence-electron chi connectivity index (χ0n) is 13.6. The first-order valence-electron chi connectivity index (χ1n) is 6.96. The first-order valence-corrected chi connectivity index (χ1v) is 6.96. The fraction of sp³-hybridized carbons (Fsp3) is 0.714. The summed E-state index contributed by atoms with van der Waals surface area (Å²) >= 11 is 0. The summed E-state index contributed by atoms with van der Waals surface area (Å²) in [6, 6.07) is 0. The molecule has 1 aliphatic rings. The molecule has 0 radical (unpaired) electrons. The number of rotatable bonds is 4. The Morgan fingerprint density at radius 1 is 0.652 bits per heavy atom. The number of esters is 4. The summed E-state index contributed by atoms with van der Waals surface area (Å²) in [6.45, 7) is 6.16. The number of ether oxygens (including phenoxy) is 5. The highest BCUT2D eigenvalue weighted by atomic mass is 16.7. The van der Waals surface area contributed by atoms with Crippen LogP contribution in [0, 0.1) is 0 Å². The largest absolute Gasteiger partial charge is 0.456 e. The van der Waals surface area contributed by atoms with Gasteiger partial charge in [-0.05, 0) is 6.92 Å². The molecule has 0 amide bonds. The molecule has 0 aromatic carbocycles. The lowest BCUT2D eigenvalue weighted by Gasteiger charge is -2.42. The van der Waals surface area contributed by atoms with Crippen molar-refractivity contribution in [2.75, 3.05) is 0 Å². The molecule has 0 bridgehead atoms. The van der Waals surface area contributed by atoms with E-state index in [0.29, 0.717) is 0 Å². The Morgan fingerprint density at radius 3 is 1.48 bits per heavy atom. The maximum atomic E-state index is 11.4. The highest BCUT2D eigenvalue weighted by Crippen LogP contribution is 2.29. The van der Waals surface area contributed by atoms with E-state index in [1.54, 1.807) is 6.92 Å². The Morgan fingerprint density at radius 2 is 1.04 bits per heavy atom. The van der Waals surface area contributed by atoms with Crippen LogP contribution < -0.4 is 0 Å². The zero-order valence-corrected chi connectivity index (χ0v) is 13.6. The second-order valence-electron chi connectivity index (χ2n) is 5.04. The average molecular weight is 332 g/mol. The molecular weight excluding hydrogens is 312 g/mol. The van der Waals surface area contributed by atoms with Crippen molar-refractivity contribution in [3.05, 3.63) is 0 Å². The third-order valence-corrected chi connectivity index (χ3v) is 2.92. The first-order chi connectivity index (χ1) is 10.6. The van der Waals surface area contributed by atoms with Crippen molar-refractivity contribution in [1.29, 1.82) is 0 Å². The predicted molar refractivity (Wildman–Crippen MR) is 72.8 cm³/mol. The van der Waals surface area contributed by atoms with Gasteiger partial charge in [0.2, 0.25) is 12.4 Å². The van der Waals surface area contributed by atoms with Gasteiger partial charge in [-0.3, -0.25) is 19.2 Å². The number of hydrogen-bond donors (Lipinski definition) is 0. The van der Waals surface area contributed by atoms with Crippen LogP contribution in [0.25, 0.3) is 0 Å². The Kier molecular flexibility index (Phi) is 6.49. The van der Waals surface area contributed by atoms with Gasteiger partial charge in [-0.15, -0.1) is 0 Å². The van der Waals surface area contributed by atoms with E-state index in [1.165, 1.54) is 6.92 Å². The topological polar surface area (TPSA) is 114 Å². The van der Waals surface area contributed by atoms with E-state index in [-0.39, 0.29) is 0 Å². The van der Waals surface area contributed by atoms with Crippen LogP contribution in [0.3, 0.4) is 0 Å². The van der Waals surface area contributed by atoms with E-state index in [4.69, 9.17) is 23.7 Å². The van der Waals surface area contributed by atoms with E-state index in [9.17, 15) is 19.2 Å². The summed E-state index contributed by atoms with van der Waals surface area (Å²) in [7, 11) is 0. The third-order valence-electron chi connectivity index (χ3n) is 2.92. The molecule has 0 aliphatic carbocycles. The number of hydrogen-bond acceptors (Lipinski definition) is 9. The normalized spacial score (nSPS) is 30.0. The van der Waals surface area contributed by atoms with E-state index in [2.05, 4.69) is 0 Å². The van der Waals surface area contributed by atoms with Crippen molar-refractivity contribution >= 4 is 23.9 Å². The van der Waals surface area contributed by atoms with Crippen molar-refractivity contribution in [2.24, 2.45) is 0 Å². The van der Waals surface area contributed by atoms with Gasteiger partial charge in [0.1, 0.15) is 0 Å². The Bertz CT molecular complexity index is 487. The van der Waals surface area contributed by atoms with Crippen molar-refractivity contribution in [1.82, 2.24) is 0 Å². The van der Waals surface area contributed by atoms with Crippen molar-refractivity contribution in [2.45, 2.75) is 65.3 Å². The van der Waals surface area contributed by atoms with Gasteiger partial charge < -0.3 is 23.7 Å². The van der Waals surface area contributed by atoms with Gasteiger partial charge in [0.25, 0.3) is 0 Å². The van der Waals surface area contributed by atoms with Crippen molar-refractivity contribution in [3.63, 3.8) is 0 Å². The molecule has 1 aliphatic heterocycles. The molecule has 0 saturated carbocycles. The SMILES string of the molecule is CC(=O)OC1O[C@H](C)[C@@H](OC(C)=O)[C@@H](OC(C)=O)[C@@H]1OC(C)=O. The number of carbonyl (C=O) groups excluding carboxylic acids is 4. The van der Waals surface area contributed by atoms with Gasteiger partial charge >= 0.3 is 23.9 Å². The molecule has 1 fully saturated rings. The van der Waals surface area contributed by atoms with Gasteiger partial charge in [-0.1, -0.05) is 0 Å².